The molecule has 1 aliphatic heterocycles. The van der Waals surface area contributed by atoms with E-state index in [4.69, 9.17) is 4.74 Å². The lowest BCUT2D eigenvalue weighted by Crippen LogP contribution is -2.26. The molecule has 2 aromatic rings. The van der Waals surface area contributed by atoms with Crippen LogP contribution >= 0.6 is 0 Å². The van der Waals surface area contributed by atoms with Crippen LogP contribution in [0.4, 0.5) is 5.69 Å². The highest BCUT2D eigenvalue weighted by Crippen LogP contribution is 2.15. The summed E-state index contributed by atoms with van der Waals surface area (Å²) >= 11 is 0. The second-order valence-electron chi connectivity index (χ2n) is 5.67. The second-order valence-corrected chi connectivity index (χ2v) is 5.67. The normalized spacial score (nSPS) is 17.4. The summed E-state index contributed by atoms with van der Waals surface area (Å²) in [5, 5.41) is 6.84. The number of ether oxygens (including phenoxy) is 1. The molecular formula is C15H19N5O3. The van der Waals surface area contributed by atoms with Crippen LogP contribution in [0.5, 0.6) is 0 Å². The summed E-state index contributed by atoms with van der Waals surface area (Å²) in [7, 11) is 0. The quantitative estimate of drug-likeness (QED) is 0.876. The third kappa shape index (κ3) is 3.48. The van der Waals surface area contributed by atoms with Crippen LogP contribution < -0.4 is 10.9 Å². The molecule has 1 aliphatic rings. The molecule has 2 N–H and O–H groups in total. The number of H-pyrrole nitrogens is 1. The maximum Gasteiger partial charge on any atom is 0.280 e. The highest BCUT2D eigenvalue weighted by atomic mass is 16.5. The summed E-state index contributed by atoms with van der Waals surface area (Å²) in [5.41, 5.74) is 1.13. The molecule has 0 aliphatic carbocycles. The number of rotatable bonds is 4. The number of hydrogen-bond acceptors (Lipinski definition) is 5. The van der Waals surface area contributed by atoms with Crippen LogP contribution in [0.25, 0.3) is 0 Å². The Morgan fingerprint density at radius 1 is 1.52 bits per heavy atom. The van der Waals surface area contributed by atoms with Crippen molar-refractivity contribution in [2.24, 2.45) is 0 Å². The number of aromatic amines is 1. The van der Waals surface area contributed by atoms with Crippen molar-refractivity contribution in [3.63, 3.8) is 0 Å². The van der Waals surface area contributed by atoms with Gasteiger partial charge >= 0.3 is 0 Å². The summed E-state index contributed by atoms with van der Waals surface area (Å²) in [4.78, 5) is 30.7. The average molecular weight is 317 g/mol. The standard InChI is InChI=1S/C15H19N5O3/c1-9-10(2)18-14(21)13(17-9)15(22)19-11-6-16-20(7-11)8-12-4-3-5-23-12/h6-7,12H,3-5,8H2,1-2H3,(H,18,21)(H,19,22). The highest BCUT2D eigenvalue weighted by Gasteiger charge is 2.18. The molecule has 0 radical (unpaired) electrons. The van der Waals surface area contributed by atoms with E-state index in [1.165, 1.54) is 0 Å². The monoisotopic (exact) mass is 317 g/mol. The predicted molar refractivity (Wildman–Crippen MR) is 83.5 cm³/mol. The van der Waals surface area contributed by atoms with Crippen molar-refractivity contribution in [2.45, 2.75) is 39.3 Å². The summed E-state index contributed by atoms with van der Waals surface area (Å²) < 4.78 is 7.28. The Labute approximate surface area is 132 Å². The third-order valence-electron chi connectivity index (χ3n) is 3.86. The topological polar surface area (TPSA) is 102 Å². The molecule has 122 valence electrons. The number of amides is 1. The number of carbonyl (C=O) groups excluding carboxylic acids is 1. The Morgan fingerprint density at radius 2 is 2.35 bits per heavy atom. The van der Waals surface area contributed by atoms with Crippen molar-refractivity contribution in [1.29, 1.82) is 0 Å². The van der Waals surface area contributed by atoms with Crippen LogP contribution in [0.1, 0.15) is 34.7 Å². The number of hydrogen-bond donors (Lipinski definition) is 2. The van der Waals surface area contributed by atoms with Gasteiger partial charge in [0.25, 0.3) is 11.5 Å². The van der Waals surface area contributed by atoms with Gasteiger partial charge in [-0.15, -0.1) is 0 Å². The Kier molecular flexibility index (Phi) is 4.24. The fraction of sp³-hybridized carbons (Fsp3) is 0.467. The molecule has 0 bridgehead atoms. The van der Waals surface area contributed by atoms with E-state index in [0.29, 0.717) is 23.6 Å². The maximum absolute atomic E-state index is 12.2. The Balaban J connectivity index is 1.69. The highest BCUT2D eigenvalue weighted by molar-refractivity contribution is 6.02. The molecule has 1 atom stereocenters. The smallest absolute Gasteiger partial charge is 0.280 e. The molecule has 0 spiro atoms. The molecule has 1 unspecified atom stereocenters. The summed E-state index contributed by atoms with van der Waals surface area (Å²) in [6, 6.07) is 0. The Hall–Kier alpha value is -2.48. The van der Waals surface area contributed by atoms with Gasteiger partial charge in [0.2, 0.25) is 0 Å². The fourth-order valence-electron chi connectivity index (χ4n) is 2.49. The van der Waals surface area contributed by atoms with Gasteiger partial charge in [0.05, 0.1) is 30.2 Å². The molecule has 3 rings (SSSR count). The zero-order valence-corrected chi connectivity index (χ0v) is 13.1. The van der Waals surface area contributed by atoms with Gasteiger partial charge in [-0.2, -0.15) is 5.10 Å². The lowest BCUT2D eigenvalue weighted by Gasteiger charge is -2.08. The minimum absolute atomic E-state index is 0.153. The average Bonchev–Trinajstić information content (AvgIpc) is 3.15. The van der Waals surface area contributed by atoms with E-state index in [1.54, 1.807) is 30.9 Å². The van der Waals surface area contributed by atoms with Crippen LogP contribution in [0, 0.1) is 13.8 Å². The zero-order valence-electron chi connectivity index (χ0n) is 13.1. The van der Waals surface area contributed by atoms with Gasteiger partial charge < -0.3 is 15.0 Å². The van der Waals surface area contributed by atoms with E-state index in [-0.39, 0.29) is 11.8 Å². The predicted octanol–water partition coefficient (Wildman–Crippen LogP) is 1.01. The second kappa shape index (κ2) is 6.33. The van der Waals surface area contributed by atoms with Crippen molar-refractivity contribution < 1.29 is 9.53 Å². The first-order valence-electron chi connectivity index (χ1n) is 7.56. The number of anilines is 1. The molecule has 0 saturated carbocycles. The van der Waals surface area contributed by atoms with Gasteiger partial charge in [-0.25, -0.2) is 4.98 Å². The van der Waals surface area contributed by atoms with Crippen molar-refractivity contribution in [3.05, 3.63) is 39.8 Å². The molecule has 8 heteroatoms. The lowest BCUT2D eigenvalue weighted by atomic mass is 10.2. The first-order chi connectivity index (χ1) is 11.0. The largest absolute Gasteiger partial charge is 0.376 e. The summed E-state index contributed by atoms with van der Waals surface area (Å²) in [5.74, 6) is -0.550. The van der Waals surface area contributed by atoms with Gasteiger partial charge in [0.15, 0.2) is 5.69 Å². The molecule has 1 saturated heterocycles. The summed E-state index contributed by atoms with van der Waals surface area (Å²) in [6.45, 7) is 4.91. The van der Waals surface area contributed by atoms with Gasteiger partial charge in [-0.05, 0) is 26.7 Å². The first-order valence-corrected chi connectivity index (χ1v) is 7.56. The number of carbonyl (C=O) groups is 1. The van der Waals surface area contributed by atoms with Crippen LogP contribution in [0.3, 0.4) is 0 Å². The van der Waals surface area contributed by atoms with E-state index in [9.17, 15) is 9.59 Å². The van der Waals surface area contributed by atoms with Gasteiger partial charge in [-0.3, -0.25) is 14.3 Å². The number of aryl methyl sites for hydroxylation is 2. The van der Waals surface area contributed by atoms with Crippen LogP contribution in [-0.2, 0) is 11.3 Å². The molecule has 0 aromatic carbocycles. The maximum atomic E-state index is 12.2. The van der Waals surface area contributed by atoms with Crippen molar-refractivity contribution in [1.82, 2.24) is 19.7 Å². The first kappa shape index (κ1) is 15.4. The van der Waals surface area contributed by atoms with E-state index in [2.05, 4.69) is 20.4 Å². The molecule has 2 aromatic heterocycles. The minimum atomic E-state index is -0.550. The van der Waals surface area contributed by atoms with Gasteiger partial charge in [-0.1, -0.05) is 0 Å². The SMILES string of the molecule is Cc1nc(C(=O)Nc2cnn(CC3CCCO3)c2)c(=O)[nH]c1C. The van der Waals surface area contributed by atoms with Crippen LogP contribution in [0.2, 0.25) is 0 Å². The number of aromatic nitrogens is 4. The summed E-state index contributed by atoms with van der Waals surface area (Å²) in [6.07, 6.45) is 5.51. The molecular weight excluding hydrogens is 298 g/mol. The van der Waals surface area contributed by atoms with Gasteiger partial charge in [0, 0.05) is 18.5 Å². The number of nitrogens with one attached hydrogen (secondary N) is 2. The van der Waals surface area contributed by atoms with Gasteiger partial charge in [0.1, 0.15) is 0 Å². The van der Waals surface area contributed by atoms with Crippen molar-refractivity contribution >= 4 is 11.6 Å². The minimum Gasteiger partial charge on any atom is -0.376 e. The van der Waals surface area contributed by atoms with Crippen molar-refractivity contribution in [3.8, 4) is 0 Å². The van der Waals surface area contributed by atoms with E-state index >= 15 is 0 Å². The molecule has 1 fully saturated rings. The molecule has 8 nitrogen and oxygen atoms in total. The van der Waals surface area contributed by atoms with E-state index in [1.807, 2.05) is 0 Å². The fourth-order valence-corrected chi connectivity index (χ4v) is 2.49. The Morgan fingerprint density at radius 3 is 3.09 bits per heavy atom. The molecule has 3 heterocycles. The molecule has 23 heavy (non-hydrogen) atoms. The van der Waals surface area contributed by atoms with E-state index in [0.717, 1.165) is 19.4 Å². The van der Waals surface area contributed by atoms with E-state index < -0.39 is 11.5 Å². The lowest BCUT2D eigenvalue weighted by molar-refractivity contribution is 0.0940. The number of nitrogens with zero attached hydrogens (tertiary/aromatic N) is 3. The molecule has 1 amide bonds. The van der Waals surface area contributed by atoms with Crippen LogP contribution in [0.15, 0.2) is 17.2 Å². The third-order valence-corrected chi connectivity index (χ3v) is 3.86. The van der Waals surface area contributed by atoms with Crippen LogP contribution in [-0.4, -0.2) is 38.4 Å². The Bertz CT molecular complexity index is 774. The zero-order chi connectivity index (χ0) is 16.4. The van der Waals surface area contributed by atoms with Crippen molar-refractivity contribution in [2.75, 3.05) is 11.9 Å².